The molecule has 0 unspecified atom stereocenters. The Kier molecular flexibility index (Phi) is 6.69. The molecule has 4 bridgehead atoms. The maximum atomic E-state index is 14.3. The second kappa shape index (κ2) is 9.27. The normalized spacial score (nSPS) is 31.0. The van der Waals surface area contributed by atoms with E-state index in [4.69, 9.17) is 21.3 Å². The zero-order valence-electron chi connectivity index (χ0n) is 19.2. The van der Waals surface area contributed by atoms with Gasteiger partial charge in [0.05, 0.1) is 28.8 Å². The van der Waals surface area contributed by atoms with Crippen molar-refractivity contribution < 1.29 is 9.53 Å². The van der Waals surface area contributed by atoms with Crippen LogP contribution in [-0.4, -0.2) is 55.2 Å². The van der Waals surface area contributed by atoms with E-state index in [1.54, 1.807) is 11.3 Å². The molecule has 5 aliphatic rings. The molecule has 0 spiro atoms. The zero-order valence-corrected chi connectivity index (χ0v) is 21.6. The van der Waals surface area contributed by atoms with Crippen molar-refractivity contribution in [3.05, 3.63) is 22.7 Å². The van der Waals surface area contributed by atoms with E-state index in [0.29, 0.717) is 12.5 Å². The predicted octanol–water partition coefficient (Wildman–Crippen LogP) is 5.56. The first-order valence-electron chi connectivity index (χ1n) is 12.2. The fourth-order valence-electron chi connectivity index (χ4n) is 7.27. The van der Waals surface area contributed by atoms with Gasteiger partial charge in [-0.1, -0.05) is 22.9 Å². The number of halogens is 2. The smallest absolute Gasteiger partial charge is 0.235 e. The van der Waals surface area contributed by atoms with Crippen LogP contribution in [0.15, 0.2) is 12.1 Å². The fraction of sp³-hybridized carbons (Fsp3) is 0.680. The third-order valence-electron chi connectivity index (χ3n) is 8.35. The first-order valence-corrected chi connectivity index (χ1v) is 13.4. The molecule has 0 atom stereocenters. The molecular formula is C25H33Cl2N3O2S. The van der Waals surface area contributed by atoms with Gasteiger partial charge in [-0.2, -0.15) is 0 Å². The second-order valence-electron chi connectivity index (χ2n) is 10.7. The number of hydrogen-bond acceptors (Lipinski definition) is 5. The summed E-state index contributed by atoms with van der Waals surface area (Å²) in [6.45, 7) is 7.06. The highest BCUT2D eigenvalue weighted by Gasteiger charge is 2.56. The van der Waals surface area contributed by atoms with E-state index in [1.807, 2.05) is 12.1 Å². The first-order chi connectivity index (χ1) is 15.5. The number of carbonyl (C=O) groups excluding carboxylic acids is 1. The van der Waals surface area contributed by atoms with Crippen LogP contribution in [-0.2, 0) is 9.53 Å². The first kappa shape index (κ1) is 23.8. The van der Waals surface area contributed by atoms with Crippen LogP contribution in [0.4, 0.5) is 5.13 Å². The molecule has 0 N–H and O–H groups in total. The molecule has 180 valence electrons. The van der Waals surface area contributed by atoms with Crippen molar-refractivity contribution in [2.75, 3.05) is 44.3 Å². The SMILES string of the molecule is Cc1cc(Cl)cc2sc(N(CCN3CCOCC3)C(=O)C34CC5CC(CC(C5)C3)C4)nc12.Cl. The summed E-state index contributed by atoms with van der Waals surface area (Å²) in [4.78, 5) is 23.8. The number of fused-ring (bicyclic) bond motifs is 1. The van der Waals surface area contributed by atoms with E-state index in [-0.39, 0.29) is 17.8 Å². The number of anilines is 1. The van der Waals surface area contributed by atoms with Crippen molar-refractivity contribution in [3.8, 4) is 0 Å². The summed E-state index contributed by atoms with van der Waals surface area (Å²) >= 11 is 7.95. The number of rotatable bonds is 5. The molecule has 7 rings (SSSR count). The predicted molar refractivity (Wildman–Crippen MR) is 137 cm³/mol. The fourth-order valence-corrected chi connectivity index (χ4v) is 8.71. The Morgan fingerprint density at radius 1 is 1.18 bits per heavy atom. The third-order valence-corrected chi connectivity index (χ3v) is 9.59. The molecule has 1 aromatic heterocycles. The number of benzene rings is 1. The highest BCUT2D eigenvalue weighted by atomic mass is 35.5. The molecule has 8 heteroatoms. The molecule has 5 nitrogen and oxygen atoms in total. The quantitative estimate of drug-likeness (QED) is 0.528. The molecule has 2 aromatic rings. The van der Waals surface area contributed by atoms with E-state index in [0.717, 1.165) is 95.8 Å². The molecule has 33 heavy (non-hydrogen) atoms. The van der Waals surface area contributed by atoms with Crippen LogP contribution >= 0.6 is 35.3 Å². The molecule has 4 aliphatic carbocycles. The zero-order chi connectivity index (χ0) is 21.9. The Morgan fingerprint density at radius 2 is 1.82 bits per heavy atom. The Labute approximate surface area is 211 Å². The number of aryl methyl sites for hydroxylation is 1. The molecule has 0 radical (unpaired) electrons. The largest absolute Gasteiger partial charge is 0.379 e. The number of aromatic nitrogens is 1. The van der Waals surface area contributed by atoms with E-state index in [2.05, 4.69) is 16.7 Å². The monoisotopic (exact) mass is 509 g/mol. The molecule has 1 amide bonds. The highest BCUT2D eigenvalue weighted by Crippen LogP contribution is 2.60. The molecule has 2 heterocycles. The molecule has 1 aliphatic heterocycles. The van der Waals surface area contributed by atoms with Gasteiger partial charge in [-0.25, -0.2) is 4.98 Å². The maximum absolute atomic E-state index is 14.3. The molecule has 4 saturated carbocycles. The minimum absolute atomic E-state index is 0. The number of ether oxygens (including phenoxy) is 1. The number of nitrogens with zero attached hydrogens (tertiary/aromatic N) is 3. The average Bonchev–Trinajstić information content (AvgIpc) is 3.17. The van der Waals surface area contributed by atoms with Gasteiger partial charge in [0.1, 0.15) is 0 Å². The van der Waals surface area contributed by atoms with Gasteiger partial charge in [0.2, 0.25) is 5.91 Å². The average molecular weight is 511 g/mol. The molecule has 5 fully saturated rings. The number of hydrogen-bond donors (Lipinski definition) is 0. The number of thiazole rings is 1. The number of morpholine rings is 1. The lowest BCUT2D eigenvalue weighted by molar-refractivity contribution is -0.143. The van der Waals surface area contributed by atoms with Gasteiger partial charge in [-0.3, -0.25) is 14.6 Å². The van der Waals surface area contributed by atoms with Gasteiger partial charge in [0.25, 0.3) is 0 Å². The van der Waals surface area contributed by atoms with Crippen LogP contribution in [0.2, 0.25) is 5.02 Å². The Balaban J connectivity index is 0.00000228. The van der Waals surface area contributed by atoms with Gasteiger partial charge in [-0.05, 0) is 80.9 Å². The Hall–Kier alpha value is -0.920. The van der Waals surface area contributed by atoms with E-state index < -0.39 is 0 Å². The van der Waals surface area contributed by atoms with Crippen molar-refractivity contribution in [2.45, 2.75) is 45.4 Å². The van der Waals surface area contributed by atoms with Crippen LogP contribution in [0.3, 0.4) is 0 Å². The minimum Gasteiger partial charge on any atom is -0.379 e. The van der Waals surface area contributed by atoms with Crippen molar-refractivity contribution in [2.24, 2.45) is 23.2 Å². The van der Waals surface area contributed by atoms with E-state index >= 15 is 0 Å². The van der Waals surface area contributed by atoms with Crippen LogP contribution < -0.4 is 4.90 Å². The molecule has 1 aromatic carbocycles. The lowest BCUT2D eigenvalue weighted by atomic mass is 9.49. The lowest BCUT2D eigenvalue weighted by Crippen LogP contribution is -2.56. The van der Waals surface area contributed by atoms with Gasteiger partial charge in [0, 0.05) is 31.2 Å². The van der Waals surface area contributed by atoms with Gasteiger partial charge < -0.3 is 4.74 Å². The van der Waals surface area contributed by atoms with Crippen molar-refractivity contribution in [3.63, 3.8) is 0 Å². The van der Waals surface area contributed by atoms with E-state index in [9.17, 15) is 4.79 Å². The standard InChI is InChI=1S/C25H32ClN3O2S.ClH/c1-16-8-20(26)12-21-22(16)27-24(32-21)29(3-2-28-4-6-31-7-5-28)23(30)25-13-17-9-18(14-25)11-19(10-17)15-25;/h8,12,17-19H,2-7,9-11,13-15H2,1H3;1H. The summed E-state index contributed by atoms with van der Waals surface area (Å²) < 4.78 is 6.59. The summed E-state index contributed by atoms with van der Waals surface area (Å²) in [5, 5.41) is 1.58. The van der Waals surface area contributed by atoms with Gasteiger partial charge in [-0.15, -0.1) is 12.4 Å². The maximum Gasteiger partial charge on any atom is 0.235 e. The van der Waals surface area contributed by atoms with Gasteiger partial charge in [0.15, 0.2) is 5.13 Å². The Morgan fingerprint density at radius 3 is 2.45 bits per heavy atom. The van der Waals surface area contributed by atoms with Crippen LogP contribution in [0.25, 0.3) is 10.2 Å². The third kappa shape index (κ3) is 4.42. The lowest BCUT2D eigenvalue weighted by Gasteiger charge is -2.56. The van der Waals surface area contributed by atoms with E-state index in [1.165, 1.54) is 19.3 Å². The van der Waals surface area contributed by atoms with Crippen molar-refractivity contribution >= 4 is 56.6 Å². The summed E-state index contributed by atoms with van der Waals surface area (Å²) in [7, 11) is 0. The summed E-state index contributed by atoms with van der Waals surface area (Å²) in [6, 6.07) is 3.95. The second-order valence-corrected chi connectivity index (χ2v) is 12.1. The minimum atomic E-state index is -0.162. The summed E-state index contributed by atoms with van der Waals surface area (Å²) in [5.41, 5.74) is 1.89. The molecule has 1 saturated heterocycles. The van der Waals surface area contributed by atoms with Crippen LogP contribution in [0.5, 0.6) is 0 Å². The Bertz CT molecular complexity index is 1000. The highest BCUT2D eigenvalue weighted by molar-refractivity contribution is 7.22. The van der Waals surface area contributed by atoms with Crippen molar-refractivity contribution in [1.82, 2.24) is 9.88 Å². The van der Waals surface area contributed by atoms with Gasteiger partial charge >= 0.3 is 0 Å². The number of amides is 1. The van der Waals surface area contributed by atoms with Crippen LogP contribution in [0, 0.1) is 30.1 Å². The topological polar surface area (TPSA) is 45.7 Å². The summed E-state index contributed by atoms with van der Waals surface area (Å²) in [5.74, 6) is 2.60. The van der Waals surface area contributed by atoms with Crippen molar-refractivity contribution in [1.29, 1.82) is 0 Å². The summed E-state index contributed by atoms with van der Waals surface area (Å²) in [6.07, 6.45) is 7.29. The number of carbonyl (C=O) groups is 1. The van der Waals surface area contributed by atoms with Crippen LogP contribution in [0.1, 0.15) is 44.1 Å². The molecular weight excluding hydrogens is 477 g/mol.